The van der Waals surface area contributed by atoms with Crippen molar-refractivity contribution in [3.8, 4) is 0 Å². The van der Waals surface area contributed by atoms with Crippen LogP contribution in [-0.2, 0) is 15.6 Å². The maximum absolute atomic E-state index is 6.19. The van der Waals surface area contributed by atoms with E-state index in [9.17, 15) is 0 Å². The summed E-state index contributed by atoms with van der Waals surface area (Å²) in [5.74, 6) is 0.763. The smallest absolute Gasteiger partial charge is 0.269 e. The largest absolute Gasteiger partial charge is 0.519 e. The van der Waals surface area contributed by atoms with Gasteiger partial charge in [-0.05, 0) is 57.5 Å². The van der Waals surface area contributed by atoms with Crippen molar-refractivity contribution in [2.24, 2.45) is 0 Å². The maximum Gasteiger partial charge on any atom is 0.269 e. The van der Waals surface area contributed by atoms with Crippen LogP contribution in [0, 0.1) is 0 Å². The van der Waals surface area contributed by atoms with Crippen molar-refractivity contribution < 1.29 is 9.16 Å². The molecular formula is C16H24O2Si. The van der Waals surface area contributed by atoms with Crippen molar-refractivity contribution in [2.45, 2.75) is 52.4 Å². The van der Waals surface area contributed by atoms with Crippen LogP contribution in [0.5, 0.6) is 0 Å². The summed E-state index contributed by atoms with van der Waals surface area (Å²) in [6, 6.07) is 8.56. The highest BCUT2D eigenvalue weighted by atomic mass is 28.4. The van der Waals surface area contributed by atoms with Crippen LogP contribution in [0.3, 0.4) is 0 Å². The molecule has 19 heavy (non-hydrogen) atoms. The Morgan fingerprint density at radius 3 is 2.42 bits per heavy atom. The van der Waals surface area contributed by atoms with Crippen LogP contribution in [0.2, 0.25) is 19.6 Å². The summed E-state index contributed by atoms with van der Waals surface area (Å²) in [6.45, 7) is 10.7. The fourth-order valence-electron chi connectivity index (χ4n) is 2.29. The Labute approximate surface area is 117 Å². The Morgan fingerprint density at radius 1 is 1.11 bits per heavy atom. The van der Waals surface area contributed by atoms with Crippen LogP contribution in [0.25, 0.3) is 5.57 Å². The summed E-state index contributed by atoms with van der Waals surface area (Å²) in [5.41, 5.74) is 3.95. The molecule has 0 saturated carbocycles. The van der Waals surface area contributed by atoms with Crippen molar-refractivity contribution in [1.82, 2.24) is 0 Å². The highest BCUT2D eigenvalue weighted by Crippen LogP contribution is 2.36. The lowest BCUT2D eigenvalue weighted by molar-refractivity contribution is 0.0618. The number of hydrogen-bond acceptors (Lipinski definition) is 2. The summed E-state index contributed by atoms with van der Waals surface area (Å²) < 4.78 is 12.1. The number of hydrogen-bond donors (Lipinski definition) is 0. The summed E-state index contributed by atoms with van der Waals surface area (Å²) in [4.78, 5) is 0. The average Bonchev–Trinajstić information content (AvgIpc) is 2.69. The SMILES string of the molecule is CC(C)O/C(O[Si](C)(C)C)=C1\CCc2ccccc21. The maximum atomic E-state index is 6.19. The van der Waals surface area contributed by atoms with Gasteiger partial charge in [0.05, 0.1) is 6.10 Å². The molecule has 0 fully saturated rings. The van der Waals surface area contributed by atoms with Crippen LogP contribution < -0.4 is 0 Å². The Hall–Kier alpha value is -1.22. The van der Waals surface area contributed by atoms with Gasteiger partial charge in [0.15, 0.2) is 0 Å². The summed E-state index contributed by atoms with van der Waals surface area (Å²) in [6.07, 6.45) is 2.25. The number of fused-ring (bicyclic) bond motifs is 1. The lowest BCUT2D eigenvalue weighted by Gasteiger charge is -2.25. The minimum atomic E-state index is -1.66. The van der Waals surface area contributed by atoms with Gasteiger partial charge < -0.3 is 9.16 Å². The van der Waals surface area contributed by atoms with Gasteiger partial charge in [-0.25, -0.2) is 0 Å². The molecule has 1 aromatic rings. The van der Waals surface area contributed by atoms with Gasteiger partial charge in [0.25, 0.3) is 5.95 Å². The predicted molar refractivity (Wildman–Crippen MR) is 82.3 cm³/mol. The lowest BCUT2D eigenvalue weighted by atomic mass is 10.1. The summed E-state index contributed by atoms with van der Waals surface area (Å²) in [5, 5.41) is 0. The Kier molecular flexibility index (Phi) is 4.04. The second-order valence-corrected chi connectivity index (χ2v) is 10.7. The molecule has 0 unspecified atom stereocenters. The summed E-state index contributed by atoms with van der Waals surface area (Å²) in [7, 11) is -1.66. The third kappa shape index (κ3) is 3.63. The van der Waals surface area contributed by atoms with Crippen molar-refractivity contribution >= 4 is 13.9 Å². The molecule has 104 valence electrons. The molecule has 1 aliphatic rings. The zero-order valence-electron chi connectivity index (χ0n) is 12.6. The first-order valence-corrected chi connectivity index (χ1v) is 10.4. The second kappa shape index (κ2) is 5.41. The van der Waals surface area contributed by atoms with Crippen molar-refractivity contribution in [3.63, 3.8) is 0 Å². The van der Waals surface area contributed by atoms with E-state index in [-0.39, 0.29) is 6.10 Å². The van der Waals surface area contributed by atoms with Crippen molar-refractivity contribution in [3.05, 3.63) is 41.3 Å². The van der Waals surface area contributed by atoms with Gasteiger partial charge in [-0.2, -0.15) is 0 Å². The molecule has 0 heterocycles. The Balaban J connectivity index is 2.39. The molecular weight excluding hydrogens is 252 g/mol. The van der Waals surface area contributed by atoms with Crippen LogP contribution >= 0.6 is 0 Å². The first-order chi connectivity index (χ1) is 8.87. The first kappa shape index (κ1) is 14.2. The van der Waals surface area contributed by atoms with E-state index in [2.05, 4.69) is 57.8 Å². The van der Waals surface area contributed by atoms with Gasteiger partial charge in [0, 0.05) is 5.57 Å². The van der Waals surface area contributed by atoms with Gasteiger partial charge in [-0.3, -0.25) is 0 Å². The molecule has 1 aliphatic carbocycles. The van der Waals surface area contributed by atoms with Gasteiger partial charge >= 0.3 is 0 Å². The van der Waals surface area contributed by atoms with E-state index in [1.54, 1.807) is 0 Å². The lowest BCUT2D eigenvalue weighted by Crippen LogP contribution is -2.27. The number of aryl methyl sites for hydroxylation is 1. The van der Waals surface area contributed by atoms with E-state index in [0.29, 0.717) is 0 Å². The van der Waals surface area contributed by atoms with E-state index in [1.807, 2.05) is 0 Å². The fourth-order valence-corrected chi connectivity index (χ4v) is 3.02. The molecule has 0 amide bonds. The van der Waals surface area contributed by atoms with Gasteiger partial charge in [0.2, 0.25) is 8.32 Å². The van der Waals surface area contributed by atoms with Crippen molar-refractivity contribution in [1.29, 1.82) is 0 Å². The van der Waals surface area contributed by atoms with Gasteiger partial charge in [-0.15, -0.1) is 0 Å². The van der Waals surface area contributed by atoms with Crippen molar-refractivity contribution in [2.75, 3.05) is 0 Å². The monoisotopic (exact) mass is 276 g/mol. The van der Waals surface area contributed by atoms with E-state index in [4.69, 9.17) is 9.16 Å². The first-order valence-electron chi connectivity index (χ1n) is 7.04. The van der Waals surface area contributed by atoms with E-state index in [0.717, 1.165) is 18.8 Å². The molecule has 0 atom stereocenters. The third-order valence-electron chi connectivity index (χ3n) is 2.97. The van der Waals surface area contributed by atoms with Crippen LogP contribution in [0.15, 0.2) is 30.2 Å². The molecule has 0 radical (unpaired) electrons. The average molecular weight is 276 g/mol. The highest BCUT2D eigenvalue weighted by Gasteiger charge is 2.26. The zero-order chi connectivity index (χ0) is 14.0. The summed E-state index contributed by atoms with van der Waals surface area (Å²) >= 11 is 0. The van der Waals surface area contributed by atoms with Gasteiger partial charge in [-0.1, -0.05) is 24.3 Å². The molecule has 0 saturated heterocycles. The molecule has 0 aliphatic heterocycles. The van der Waals surface area contributed by atoms with Crippen LogP contribution in [0.4, 0.5) is 0 Å². The minimum absolute atomic E-state index is 0.145. The third-order valence-corrected chi connectivity index (χ3v) is 3.77. The van der Waals surface area contributed by atoms with Crippen LogP contribution in [0.1, 0.15) is 31.4 Å². The molecule has 0 bridgehead atoms. The van der Waals surface area contributed by atoms with E-state index in [1.165, 1.54) is 16.7 Å². The Bertz CT molecular complexity index is 484. The molecule has 0 N–H and O–H groups in total. The topological polar surface area (TPSA) is 18.5 Å². The minimum Gasteiger partial charge on any atom is -0.519 e. The van der Waals surface area contributed by atoms with E-state index < -0.39 is 8.32 Å². The Morgan fingerprint density at radius 2 is 1.79 bits per heavy atom. The number of benzene rings is 1. The predicted octanol–water partition coefficient (Wildman–Crippen LogP) is 4.58. The molecule has 0 aromatic heterocycles. The second-order valence-electron chi connectivity index (χ2n) is 6.30. The molecule has 2 rings (SSSR count). The molecule has 3 heteroatoms. The molecule has 1 aromatic carbocycles. The zero-order valence-corrected chi connectivity index (χ0v) is 13.6. The number of allylic oxidation sites excluding steroid dienone is 1. The number of rotatable bonds is 4. The van der Waals surface area contributed by atoms with E-state index >= 15 is 0 Å². The highest BCUT2D eigenvalue weighted by molar-refractivity contribution is 6.70. The standard InChI is InChI=1S/C16H24O2Si/c1-12(2)17-16(18-19(3,4)5)15-11-10-13-8-6-7-9-14(13)15/h6-9,12H,10-11H2,1-5H3/b16-15-. The quantitative estimate of drug-likeness (QED) is 0.592. The van der Waals surface area contributed by atoms with Gasteiger partial charge in [0.1, 0.15) is 0 Å². The molecule has 2 nitrogen and oxygen atoms in total. The molecule has 0 spiro atoms. The van der Waals surface area contributed by atoms with Crippen LogP contribution in [-0.4, -0.2) is 14.4 Å². The number of ether oxygens (including phenoxy) is 1. The fraction of sp³-hybridized carbons (Fsp3) is 0.500. The normalized spacial score (nSPS) is 17.4.